The number of aliphatic hydroxyl groups excluding tert-OH is 1. The van der Waals surface area contributed by atoms with E-state index in [-0.39, 0.29) is 56.7 Å². The lowest BCUT2D eigenvalue weighted by molar-refractivity contribution is -0.172. The maximum absolute atomic E-state index is 13.4. The summed E-state index contributed by atoms with van der Waals surface area (Å²) >= 11 is 0. The number of nitrogen functional groups attached to an aromatic ring is 1. The Morgan fingerprint density at radius 1 is 1.19 bits per heavy atom. The van der Waals surface area contributed by atoms with Crippen LogP contribution in [0.25, 0.3) is 11.2 Å². The Labute approximate surface area is 244 Å². The van der Waals surface area contributed by atoms with Gasteiger partial charge in [0.25, 0.3) is 5.56 Å². The van der Waals surface area contributed by atoms with Gasteiger partial charge in [0.2, 0.25) is 5.95 Å². The summed E-state index contributed by atoms with van der Waals surface area (Å²) in [5, 5.41) is 12.8. The molecular formula is C26H33N7O10. The third kappa shape index (κ3) is 6.31. The van der Waals surface area contributed by atoms with Crippen molar-refractivity contribution < 1.29 is 38.3 Å². The fourth-order valence-corrected chi connectivity index (χ4v) is 4.90. The number of nitrogens with one attached hydrogen (secondary N) is 2. The number of aromatic nitrogens is 5. The van der Waals surface area contributed by atoms with Crippen molar-refractivity contribution in [1.29, 1.82) is 0 Å². The van der Waals surface area contributed by atoms with Crippen LogP contribution in [0.15, 0.2) is 40.6 Å². The molecule has 0 saturated carbocycles. The first-order valence-corrected chi connectivity index (χ1v) is 13.5. The van der Waals surface area contributed by atoms with Crippen molar-refractivity contribution in [2.45, 2.75) is 37.4 Å². The maximum atomic E-state index is 13.4. The fraction of sp³-hybridized carbons (Fsp3) is 0.500. The van der Waals surface area contributed by atoms with Crippen LogP contribution in [0.5, 0.6) is 0 Å². The number of anilines is 2. The van der Waals surface area contributed by atoms with E-state index in [9.17, 15) is 19.5 Å². The Morgan fingerprint density at radius 3 is 2.67 bits per heavy atom. The minimum absolute atomic E-state index is 0.000419. The number of nitrogens with two attached hydrogens (primary N) is 1. The van der Waals surface area contributed by atoms with Crippen LogP contribution in [0.3, 0.4) is 0 Å². The smallest absolute Gasteiger partial charge is 0.339 e. The molecule has 232 valence electrons. The van der Waals surface area contributed by atoms with E-state index in [0.29, 0.717) is 11.4 Å². The summed E-state index contributed by atoms with van der Waals surface area (Å²) in [6.07, 6.45) is -1.34. The Bertz CT molecular complexity index is 1550. The average Bonchev–Trinajstić information content (AvgIpc) is 3.64. The molecule has 0 bridgehead atoms. The predicted molar refractivity (Wildman–Crippen MR) is 149 cm³/mol. The van der Waals surface area contributed by atoms with Gasteiger partial charge >= 0.3 is 11.7 Å². The van der Waals surface area contributed by atoms with Crippen LogP contribution in [0.4, 0.5) is 11.8 Å². The number of fused-ring (bicyclic) bond motifs is 2. The first kappa shape index (κ1) is 30.3. The maximum Gasteiger partial charge on any atom is 0.339 e. The van der Waals surface area contributed by atoms with Crippen molar-refractivity contribution in [2.24, 2.45) is 0 Å². The summed E-state index contributed by atoms with van der Waals surface area (Å²) in [4.78, 5) is 48.7. The molecule has 2 aliphatic heterocycles. The van der Waals surface area contributed by atoms with Crippen LogP contribution in [-0.4, -0.2) is 106 Å². The summed E-state index contributed by atoms with van der Waals surface area (Å²) < 4.78 is 36.5. The molecule has 3 aromatic rings. The van der Waals surface area contributed by atoms with Crippen LogP contribution in [-0.2, 0) is 35.0 Å². The van der Waals surface area contributed by atoms with Crippen molar-refractivity contribution in [2.75, 3.05) is 57.7 Å². The van der Waals surface area contributed by atoms with E-state index in [1.165, 1.54) is 21.4 Å². The zero-order valence-corrected chi connectivity index (χ0v) is 23.3. The first-order chi connectivity index (χ1) is 20.9. The van der Waals surface area contributed by atoms with Gasteiger partial charge in [0.1, 0.15) is 30.7 Å². The highest BCUT2D eigenvalue weighted by Crippen LogP contribution is 2.39. The van der Waals surface area contributed by atoms with Crippen LogP contribution < -0.4 is 22.3 Å². The van der Waals surface area contributed by atoms with Gasteiger partial charge in [0.15, 0.2) is 23.7 Å². The second-order valence-corrected chi connectivity index (χ2v) is 9.56. The monoisotopic (exact) mass is 603 g/mol. The van der Waals surface area contributed by atoms with E-state index in [2.05, 4.69) is 26.8 Å². The van der Waals surface area contributed by atoms with Gasteiger partial charge in [-0.3, -0.25) is 14.3 Å². The molecule has 0 aromatic carbocycles. The topological polar surface area (TPSA) is 216 Å². The van der Waals surface area contributed by atoms with Gasteiger partial charge in [-0.25, -0.2) is 19.1 Å². The van der Waals surface area contributed by atoms with E-state index in [1.807, 2.05) is 0 Å². The van der Waals surface area contributed by atoms with Crippen LogP contribution >= 0.6 is 0 Å². The number of nitrogens with zero attached hydrogens (tertiary/aromatic N) is 4. The Morgan fingerprint density at radius 2 is 1.95 bits per heavy atom. The minimum atomic E-state index is -1.06. The number of hydrogen-bond acceptors (Lipinski definition) is 14. The number of hydrogen-bond donors (Lipinski definition) is 4. The van der Waals surface area contributed by atoms with Crippen LogP contribution in [0.1, 0.15) is 16.6 Å². The quantitative estimate of drug-likeness (QED) is 0.0986. The number of pyridine rings is 1. The molecule has 0 amide bonds. The van der Waals surface area contributed by atoms with Crippen molar-refractivity contribution in [3.05, 3.63) is 57.4 Å². The van der Waals surface area contributed by atoms with Gasteiger partial charge in [0.05, 0.1) is 38.6 Å². The molecule has 43 heavy (non-hydrogen) atoms. The lowest BCUT2D eigenvalue weighted by Crippen LogP contribution is -2.34. The molecule has 5 heterocycles. The number of rotatable bonds is 14. The van der Waals surface area contributed by atoms with Gasteiger partial charge in [-0.1, -0.05) is 6.08 Å². The molecule has 5 N–H and O–H groups in total. The molecule has 0 aliphatic carbocycles. The highest BCUT2D eigenvalue weighted by atomic mass is 16.8. The van der Waals surface area contributed by atoms with Crippen molar-refractivity contribution in [3.63, 3.8) is 0 Å². The summed E-state index contributed by atoms with van der Waals surface area (Å²) in [6.45, 7) is 3.97. The zero-order valence-electron chi connectivity index (χ0n) is 23.3. The normalized spacial score (nSPS) is 23.0. The van der Waals surface area contributed by atoms with E-state index in [0.717, 1.165) is 0 Å². The standard InChI is InChI=1S/C26H33N7O10/c1-3-6-32-18-21(30-25(27)31-22(18)35)33(26(32)37)23-20-19(15(12-34)41-23)42-17(43-20)13-39-8-7-38-9-10-40-24(36)14-4-5-16(28-2)29-11-14/h3-5,11,15,17,19-20,23,34H,1,6-10,12-13H2,2H3,(H,28,29)(H3,27,30,31,35)/t15-,17?,19-,20-,23-/m1/s1. The highest BCUT2D eigenvalue weighted by Gasteiger charge is 2.54. The molecule has 2 saturated heterocycles. The van der Waals surface area contributed by atoms with Gasteiger partial charge < -0.3 is 44.6 Å². The van der Waals surface area contributed by atoms with Crippen molar-refractivity contribution in [1.82, 2.24) is 24.1 Å². The van der Waals surface area contributed by atoms with E-state index >= 15 is 0 Å². The molecule has 17 nitrogen and oxygen atoms in total. The molecular weight excluding hydrogens is 570 g/mol. The number of aliphatic hydroxyl groups is 1. The number of esters is 1. The second-order valence-electron chi connectivity index (χ2n) is 9.56. The molecule has 17 heteroatoms. The third-order valence-electron chi connectivity index (χ3n) is 6.82. The number of carbonyl (C=O) groups is 1. The molecule has 5 atom stereocenters. The van der Waals surface area contributed by atoms with Crippen LogP contribution in [0.2, 0.25) is 0 Å². The highest BCUT2D eigenvalue weighted by molar-refractivity contribution is 5.89. The number of aromatic amines is 1. The molecule has 0 radical (unpaired) electrons. The molecule has 2 aliphatic rings. The van der Waals surface area contributed by atoms with Gasteiger partial charge in [0, 0.05) is 19.8 Å². The number of allylic oxidation sites excluding steroid dienone is 1. The zero-order chi connectivity index (χ0) is 30.5. The summed E-state index contributed by atoms with van der Waals surface area (Å²) in [7, 11) is 1.73. The minimum Gasteiger partial charge on any atom is -0.460 e. The first-order valence-electron chi connectivity index (χ1n) is 13.5. The fourth-order valence-electron chi connectivity index (χ4n) is 4.90. The Hall–Kier alpha value is -4.13. The molecule has 0 spiro atoms. The summed E-state index contributed by atoms with van der Waals surface area (Å²) in [6, 6.07) is 3.28. The number of imidazole rings is 1. The van der Waals surface area contributed by atoms with E-state index < -0.39 is 54.7 Å². The summed E-state index contributed by atoms with van der Waals surface area (Å²) in [5.41, 5.74) is 4.91. The number of carbonyl (C=O) groups excluding carboxylic acids is 1. The van der Waals surface area contributed by atoms with Gasteiger partial charge in [-0.05, 0) is 12.1 Å². The Kier molecular flexibility index (Phi) is 9.49. The number of H-pyrrole nitrogens is 1. The lowest BCUT2D eigenvalue weighted by atomic mass is 10.1. The SMILES string of the molecule is C=CCn1c(=O)n([C@@H]2O[C@H](CO)[C@H]3OC(COCCOCCOC(=O)c4ccc(NC)nc4)O[C@H]32)c2nc(N)[nH]c(=O)c21. The second kappa shape index (κ2) is 13.4. The lowest BCUT2D eigenvalue weighted by Gasteiger charge is -2.20. The summed E-state index contributed by atoms with van der Waals surface area (Å²) in [5.74, 6) is -0.0398. The molecule has 2 fully saturated rings. The van der Waals surface area contributed by atoms with Gasteiger partial charge in [-0.2, -0.15) is 4.98 Å². The molecule has 1 unspecified atom stereocenters. The number of ether oxygens (including phenoxy) is 6. The third-order valence-corrected chi connectivity index (χ3v) is 6.82. The van der Waals surface area contributed by atoms with Crippen molar-refractivity contribution in [3.8, 4) is 0 Å². The Balaban J connectivity index is 1.12. The molecule has 5 rings (SSSR count). The van der Waals surface area contributed by atoms with E-state index in [1.54, 1.807) is 19.2 Å². The van der Waals surface area contributed by atoms with Gasteiger partial charge in [-0.15, -0.1) is 6.58 Å². The largest absolute Gasteiger partial charge is 0.460 e. The van der Waals surface area contributed by atoms with Crippen molar-refractivity contribution >= 4 is 28.9 Å². The predicted octanol–water partition coefficient (Wildman–Crippen LogP) is -1.02. The van der Waals surface area contributed by atoms with Crippen LogP contribution in [0, 0.1) is 0 Å². The molecule has 3 aromatic heterocycles. The average molecular weight is 604 g/mol. The van der Waals surface area contributed by atoms with E-state index in [4.69, 9.17) is 34.2 Å².